The first-order chi connectivity index (χ1) is 13.8. The lowest BCUT2D eigenvalue weighted by Crippen LogP contribution is -2.48. The molecule has 30 heavy (non-hydrogen) atoms. The van der Waals surface area contributed by atoms with E-state index < -0.39 is 9.84 Å². The van der Waals surface area contributed by atoms with Gasteiger partial charge in [-0.25, -0.2) is 13.4 Å². The second-order valence-corrected chi connectivity index (χ2v) is 9.90. The number of nitrogens with one attached hydrogen (secondary N) is 2. The van der Waals surface area contributed by atoms with E-state index in [-0.39, 0.29) is 29.4 Å². The summed E-state index contributed by atoms with van der Waals surface area (Å²) >= 11 is 0. The molecule has 0 spiro atoms. The topological polar surface area (TPSA) is 70.6 Å². The fourth-order valence-corrected chi connectivity index (χ4v) is 4.91. The molecule has 0 amide bonds. The molecular weight excluding hydrogens is 509 g/mol. The Hall–Kier alpha value is -1.61. The SMILES string of the molecule is CCNC(=NCc1ccc(S(C)(=O)=O)c(C)c1)NCC1(c2ccccc2)CCC1.I. The molecule has 1 saturated carbocycles. The Morgan fingerprint density at radius 2 is 1.80 bits per heavy atom. The van der Waals surface area contributed by atoms with E-state index in [1.165, 1.54) is 31.1 Å². The maximum Gasteiger partial charge on any atom is 0.191 e. The molecule has 3 rings (SSSR count). The summed E-state index contributed by atoms with van der Waals surface area (Å²) in [7, 11) is -3.20. The molecule has 1 fully saturated rings. The molecule has 0 radical (unpaired) electrons. The van der Waals surface area contributed by atoms with Crippen LogP contribution in [0.15, 0.2) is 58.4 Å². The van der Waals surface area contributed by atoms with Crippen LogP contribution in [0.5, 0.6) is 0 Å². The maximum atomic E-state index is 11.8. The highest BCUT2D eigenvalue weighted by molar-refractivity contribution is 14.0. The number of aryl methyl sites for hydroxylation is 1. The van der Waals surface area contributed by atoms with Gasteiger partial charge in [0.25, 0.3) is 0 Å². The van der Waals surface area contributed by atoms with Crippen LogP contribution in [0.3, 0.4) is 0 Å². The van der Waals surface area contributed by atoms with Gasteiger partial charge in [-0.3, -0.25) is 0 Å². The average molecular weight is 541 g/mol. The fraction of sp³-hybridized carbons (Fsp3) is 0.435. The molecule has 2 N–H and O–H groups in total. The van der Waals surface area contributed by atoms with Gasteiger partial charge in [0.05, 0.1) is 11.4 Å². The van der Waals surface area contributed by atoms with Crippen molar-refractivity contribution in [3.05, 3.63) is 65.2 Å². The zero-order valence-corrected chi connectivity index (χ0v) is 21.1. The van der Waals surface area contributed by atoms with Crippen LogP contribution in [0.2, 0.25) is 0 Å². The fourth-order valence-electron chi connectivity index (χ4n) is 3.95. The van der Waals surface area contributed by atoms with Crippen molar-refractivity contribution in [3.8, 4) is 0 Å². The van der Waals surface area contributed by atoms with Crippen LogP contribution in [-0.4, -0.2) is 33.7 Å². The third-order valence-electron chi connectivity index (χ3n) is 5.69. The average Bonchev–Trinajstić information content (AvgIpc) is 2.65. The second kappa shape index (κ2) is 10.6. The molecule has 0 heterocycles. The molecule has 0 atom stereocenters. The highest BCUT2D eigenvalue weighted by Gasteiger charge is 2.38. The number of hydrogen-bond acceptors (Lipinski definition) is 3. The number of rotatable bonds is 7. The van der Waals surface area contributed by atoms with Gasteiger partial charge in [-0.1, -0.05) is 48.9 Å². The third-order valence-corrected chi connectivity index (χ3v) is 6.95. The molecular formula is C23H32IN3O2S. The largest absolute Gasteiger partial charge is 0.357 e. The van der Waals surface area contributed by atoms with Gasteiger partial charge in [-0.05, 0) is 49.4 Å². The summed E-state index contributed by atoms with van der Waals surface area (Å²) < 4.78 is 23.6. The van der Waals surface area contributed by atoms with Crippen molar-refractivity contribution >= 4 is 39.8 Å². The molecule has 2 aromatic carbocycles. The Bertz CT molecular complexity index is 971. The van der Waals surface area contributed by atoms with Gasteiger partial charge < -0.3 is 10.6 Å². The smallest absolute Gasteiger partial charge is 0.191 e. The number of halogens is 1. The van der Waals surface area contributed by atoms with Crippen molar-refractivity contribution in [3.63, 3.8) is 0 Å². The second-order valence-electron chi connectivity index (χ2n) is 7.92. The first-order valence-corrected chi connectivity index (χ1v) is 12.1. The summed E-state index contributed by atoms with van der Waals surface area (Å²) in [6.45, 7) is 6.02. The van der Waals surface area contributed by atoms with Crippen LogP contribution in [0.1, 0.15) is 42.9 Å². The van der Waals surface area contributed by atoms with Gasteiger partial charge in [-0.15, -0.1) is 24.0 Å². The van der Waals surface area contributed by atoms with Crippen molar-refractivity contribution < 1.29 is 8.42 Å². The molecule has 164 valence electrons. The van der Waals surface area contributed by atoms with Crippen LogP contribution in [0.4, 0.5) is 0 Å². The number of aliphatic imine (C=N–C) groups is 1. The Kier molecular flexibility index (Phi) is 8.73. The molecule has 0 bridgehead atoms. The number of nitrogens with zero attached hydrogens (tertiary/aromatic N) is 1. The van der Waals surface area contributed by atoms with Gasteiger partial charge in [0.1, 0.15) is 0 Å². The monoisotopic (exact) mass is 541 g/mol. The van der Waals surface area contributed by atoms with E-state index in [2.05, 4.69) is 47.9 Å². The number of hydrogen-bond donors (Lipinski definition) is 2. The van der Waals surface area contributed by atoms with Gasteiger partial charge >= 0.3 is 0 Å². The number of sulfone groups is 1. The van der Waals surface area contributed by atoms with E-state index >= 15 is 0 Å². The Balaban J connectivity index is 0.00000320. The van der Waals surface area contributed by atoms with Crippen LogP contribution < -0.4 is 10.6 Å². The molecule has 0 aromatic heterocycles. The standard InChI is InChI=1S/C23H31N3O2S.HI/c1-4-24-22(25-16-19-11-12-21(18(2)15-19)29(3,27)28)26-17-23(13-8-14-23)20-9-6-5-7-10-20;/h5-7,9-12,15H,4,8,13-14,16-17H2,1-3H3,(H2,24,25,26);1H. The normalized spacial score (nSPS) is 15.6. The van der Waals surface area contributed by atoms with E-state index in [1.807, 2.05) is 19.1 Å². The van der Waals surface area contributed by atoms with Gasteiger partial charge in [0.15, 0.2) is 15.8 Å². The van der Waals surface area contributed by atoms with Crippen molar-refractivity contribution in [1.29, 1.82) is 0 Å². The lowest BCUT2D eigenvalue weighted by molar-refractivity contribution is 0.244. The van der Waals surface area contributed by atoms with Crippen LogP contribution in [0.25, 0.3) is 0 Å². The lowest BCUT2D eigenvalue weighted by atomic mass is 9.64. The molecule has 7 heteroatoms. The summed E-state index contributed by atoms with van der Waals surface area (Å²) in [5, 5.41) is 6.84. The minimum atomic E-state index is -3.20. The van der Waals surface area contributed by atoms with Crippen LogP contribution in [0, 0.1) is 6.92 Å². The first kappa shape index (κ1) is 24.7. The van der Waals surface area contributed by atoms with Gasteiger partial charge in [0, 0.05) is 24.8 Å². The minimum Gasteiger partial charge on any atom is -0.357 e. The van der Waals surface area contributed by atoms with Crippen molar-refractivity contribution in [2.45, 2.75) is 50.0 Å². The lowest BCUT2D eigenvalue weighted by Gasteiger charge is -2.43. The van der Waals surface area contributed by atoms with E-state index in [1.54, 1.807) is 6.07 Å². The number of guanidine groups is 1. The van der Waals surface area contributed by atoms with E-state index in [4.69, 9.17) is 4.99 Å². The van der Waals surface area contributed by atoms with E-state index in [9.17, 15) is 8.42 Å². The van der Waals surface area contributed by atoms with Crippen LogP contribution in [-0.2, 0) is 21.8 Å². The summed E-state index contributed by atoms with van der Waals surface area (Å²) in [5.41, 5.74) is 3.33. The van der Waals surface area contributed by atoms with Crippen molar-refractivity contribution in [1.82, 2.24) is 10.6 Å². The molecule has 1 aliphatic carbocycles. The summed E-state index contributed by atoms with van der Waals surface area (Å²) in [4.78, 5) is 5.10. The molecule has 0 aliphatic heterocycles. The predicted molar refractivity (Wildman–Crippen MR) is 134 cm³/mol. The maximum absolute atomic E-state index is 11.8. The highest BCUT2D eigenvalue weighted by atomic mass is 127. The zero-order chi connectivity index (χ0) is 20.9. The summed E-state index contributed by atoms with van der Waals surface area (Å²) in [6, 6.07) is 16.1. The van der Waals surface area contributed by atoms with Gasteiger partial charge in [-0.2, -0.15) is 0 Å². The first-order valence-electron chi connectivity index (χ1n) is 10.2. The quantitative estimate of drug-likeness (QED) is 0.313. The van der Waals surface area contributed by atoms with Crippen LogP contribution >= 0.6 is 24.0 Å². The molecule has 0 saturated heterocycles. The van der Waals surface area contributed by atoms with Crippen molar-refractivity contribution in [2.75, 3.05) is 19.3 Å². The predicted octanol–water partition coefficient (Wildman–Crippen LogP) is 4.19. The summed E-state index contributed by atoms with van der Waals surface area (Å²) in [5.74, 6) is 0.791. The molecule has 0 unspecified atom stereocenters. The Morgan fingerprint density at radius 3 is 2.33 bits per heavy atom. The third kappa shape index (κ3) is 5.97. The van der Waals surface area contributed by atoms with E-state index in [0.717, 1.165) is 30.2 Å². The Morgan fingerprint density at radius 1 is 1.10 bits per heavy atom. The minimum absolute atomic E-state index is 0. The molecule has 1 aliphatic rings. The summed E-state index contributed by atoms with van der Waals surface area (Å²) in [6.07, 6.45) is 4.88. The van der Waals surface area contributed by atoms with Gasteiger partial charge in [0.2, 0.25) is 0 Å². The Labute approximate surface area is 197 Å². The molecule has 2 aromatic rings. The zero-order valence-electron chi connectivity index (χ0n) is 17.9. The molecule has 5 nitrogen and oxygen atoms in total. The highest BCUT2D eigenvalue weighted by Crippen LogP contribution is 2.43. The van der Waals surface area contributed by atoms with E-state index in [0.29, 0.717) is 11.4 Å². The number of benzene rings is 2. The van der Waals surface area contributed by atoms with Crippen molar-refractivity contribution in [2.24, 2.45) is 4.99 Å².